The van der Waals surface area contributed by atoms with E-state index < -0.39 is 29.6 Å². The van der Waals surface area contributed by atoms with Gasteiger partial charge in [0.1, 0.15) is 5.75 Å². The molecule has 1 aromatic rings. The van der Waals surface area contributed by atoms with Crippen LogP contribution in [0.2, 0.25) is 0 Å². The number of hydrogen-bond donors (Lipinski definition) is 1. The first-order chi connectivity index (χ1) is 8.70. The number of nitrogens with zero attached hydrogens (tertiary/aromatic N) is 1. The highest BCUT2D eigenvalue weighted by molar-refractivity contribution is 5.67. The topological polar surface area (TPSA) is 89.7 Å². The van der Waals surface area contributed by atoms with Crippen LogP contribution >= 0.6 is 0 Å². The van der Waals surface area contributed by atoms with Crippen molar-refractivity contribution in [3.63, 3.8) is 0 Å². The molecule has 0 fully saturated rings. The number of halogens is 3. The fourth-order valence-corrected chi connectivity index (χ4v) is 1.19. The molecule has 9 heteroatoms. The fraction of sp³-hybridized carbons (Fsp3) is 0.300. The van der Waals surface area contributed by atoms with E-state index in [-0.39, 0.29) is 11.4 Å². The number of nitro groups is 1. The summed E-state index contributed by atoms with van der Waals surface area (Å²) in [6.07, 6.45) is -8.60. The first-order valence-corrected chi connectivity index (χ1v) is 4.90. The van der Waals surface area contributed by atoms with E-state index in [1.165, 1.54) is 0 Å². The number of hydrogen-bond acceptors (Lipinski definition) is 4. The number of ether oxygens (including phenoxy) is 1. The molecule has 0 radical (unpaired) electrons. The Kier molecular flexibility index (Phi) is 4.30. The molecule has 0 heterocycles. The van der Waals surface area contributed by atoms with Gasteiger partial charge in [0.15, 0.2) is 0 Å². The van der Waals surface area contributed by atoms with E-state index in [9.17, 15) is 28.1 Å². The maximum atomic E-state index is 12.5. The van der Waals surface area contributed by atoms with E-state index in [0.29, 0.717) is 0 Å². The molecule has 0 aliphatic rings. The molecular formula is C10H8F3NO5. The molecule has 1 rings (SSSR count). The maximum Gasteiger partial charge on any atom is 0.425 e. The Morgan fingerprint density at radius 2 is 1.89 bits per heavy atom. The molecule has 1 atom stereocenters. The zero-order chi connectivity index (χ0) is 14.6. The van der Waals surface area contributed by atoms with Crippen LogP contribution in [0.15, 0.2) is 24.3 Å². The van der Waals surface area contributed by atoms with Crippen molar-refractivity contribution in [2.75, 3.05) is 0 Å². The highest BCUT2D eigenvalue weighted by Gasteiger charge is 2.43. The third-order valence-corrected chi connectivity index (χ3v) is 2.05. The van der Waals surface area contributed by atoms with E-state index in [4.69, 9.17) is 5.11 Å². The number of benzene rings is 1. The second kappa shape index (κ2) is 5.55. The van der Waals surface area contributed by atoms with Crippen molar-refractivity contribution >= 4 is 11.7 Å². The standard InChI is InChI=1S/C10H8F3NO5/c11-10(12,13)8(5-9(15)16)19-7-3-1-6(2-4-7)14(17)18/h1-4,8H,5H2,(H,15,16). The van der Waals surface area contributed by atoms with Crippen molar-refractivity contribution in [3.05, 3.63) is 34.4 Å². The number of non-ortho nitro benzene ring substituents is 1. The highest BCUT2D eigenvalue weighted by Crippen LogP contribution is 2.28. The molecule has 1 aromatic carbocycles. The summed E-state index contributed by atoms with van der Waals surface area (Å²) in [7, 11) is 0. The van der Waals surface area contributed by atoms with Gasteiger partial charge in [-0.15, -0.1) is 0 Å². The van der Waals surface area contributed by atoms with Gasteiger partial charge >= 0.3 is 12.1 Å². The van der Waals surface area contributed by atoms with Gasteiger partial charge in [-0.25, -0.2) is 0 Å². The Hall–Kier alpha value is -2.32. The molecule has 1 unspecified atom stereocenters. The molecule has 0 aliphatic carbocycles. The minimum atomic E-state index is -4.85. The summed E-state index contributed by atoms with van der Waals surface area (Å²) in [5, 5.41) is 18.7. The molecule has 0 saturated heterocycles. The average Bonchev–Trinajstić information content (AvgIpc) is 2.27. The van der Waals surface area contributed by atoms with Crippen LogP contribution in [0.4, 0.5) is 18.9 Å². The molecule has 19 heavy (non-hydrogen) atoms. The number of carboxylic acid groups (broad SMARTS) is 1. The summed E-state index contributed by atoms with van der Waals surface area (Å²) in [4.78, 5) is 19.9. The van der Waals surface area contributed by atoms with Gasteiger partial charge in [-0.3, -0.25) is 14.9 Å². The van der Waals surface area contributed by atoms with Crippen LogP contribution in [0.5, 0.6) is 5.75 Å². The van der Waals surface area contributed by atoms with Gasteiger partial charge in [0.2, 0.25) is 6.10 Å². The third kappa shape index (κ3) is 4.45. The quantitative estimate of drug-likeness (QED) is 0.660. The fourth-order valence-electron chi connectivity index (χ4n) is 1.19. The molecule has 0 aliphatic heterocycles. The largest absolute Gasteiger partial charge is 0.481 e. The molecule has 1 N–H and O–H groups in total. The molecule has 104 valence electrons. The summed E-state index contributed by atoms with van der Waals surface area (Å²) >= 11 is 0. The normalized spacial score (nSPS) is 12.8. The van der Waals surface area contributed by atoms with Crippen LogP contribution in [-0.4, -0.2) is 28.3 Å². The van der Waals surface area contributed by atoms with E-state index in [2.05, 4.69) is 4.74 Å². The number of nitro benzene ring substituents is 1. The zero-order valence-corrected chi connectivity index (χ0v) is 9.26. The van der Waals surface area contributed by atoms with Crippen molar-refractivity contribution in [2.24, 2.45) is 0 Å². The maximum absolute atomic E-state index is 12.5. The van der Waals surface area contributed by atoms with Crippen LogP contribution in [-0.2, 0) is 4.79 Å². The number of carboxylic acids is 1. The van der Waals surface area contributed by atoms with Crippen LogP contribution < -0.4 is 4.74 Å². The Bertz CT molecular complexity index is 471. The van der Waals surface area contributed by atoms with Gasteiger partial charge in [0.05, 0.1) is 11.3 Å². The van der Waals surface area contributed by atoms with Crippen LogP contribution in [0.25, 0.3) is 0 Å². The van der Waals surface area contributed by atoms with Crippen molar-refractivity contribution in [1.29, 1.82) is 0 Å². The van der Waals surface area contributed by atoms with Crippen LogP contribution in [0, 0.1) is 10.1 Å². The van der Waals surface area contributed by atoms with Crippen LogP contribution in [0.3, 0.4) is 0 Å². The van der Waals surface area contributed by atoms with Gasteiger partial charge in [-0.2, -0.15) is 13.2 Å². The van der Waals surface area contributed by atoms with Gasteiger partial charge in [-0.1, -0.05) is 0 Å². The molecule has 0 aromatic heterocycles. The molecular weight excluding hydrogens is 271 g/mol. The summed E-state index contributed by atoms with van der Waals surface area (Å²) in [6, 6.07) is 3.87. The lowest BCUT2D eigenvalue weighted by Gasteiger charge is -2.20. The number of carbonyl (C=O) groups is 1. The lowest BCUT2D eigenvalue weighted by molar-refractivity contribution is -0.384. The van der Waals surface area contributed by atoms with E-state index in [0.717, 1.165) is 24.3 Å². The lowest BCUT2D eigenvalue weighted by Crippen LogP contribution is -2.36. The molecule has 6 nitrogen and oxygen atoms in total. The minimum Gasteiger partial charge on any atom is -0.481 e. The monoisotopic (exact) mass is 279 g/mol. The van der Waals surface area contributed by atoms with Gasteiger partial charge in [0, 0.05) is 12.1 Å². The molecule has 0 bridgehead atoms. The van der Waals surface area contributed by atoms with Crippen molar-refractivity contribution in [3.8, 4) is 5.75 Å². The molecule has 0 saturated carbocycles. The highest BCUT2D eigenvalue weighted by atomic mass is 19.4. The minimum absolute atomic E-state index is 0.297. The van der Waals surface area contributed by atoms with Crippen molar-refractivity contribution in [2.45, 2.75) is 18.7 Å². The van der Waals surface area contributed by atoms with Crippen molar-refractivity contribution in [1.82, 2.24) is 0 Å². The SMILES string of the molecule is O=C(O)CC(Oc1ccc([N+](=O)[O-])cc1)C(F)(F)F. The molecule has 0 spiro atoms. The Morgan fingerprint density at radius 3 is 2.26 bits per heavy atom. The van der Waals surface area contributed by atoms with Crippen molar-refractivity contribution < 1.29 is 32.7 Å². The van der Waals surface area contributed by atoms with Gasteiger partial charge < -0.3 is 9.84 Å². The third-order valence-electron chi connectivity index (χ3n) is 2.05. The summed E-state index contributed by atoms with van der Waals surface area (Å²) in [6.45, 7) is 0. The average molecular weight is 279 g/mol. The summed E-state index contributed by atoms with van der Waals surface area (Å²) < 4.78 is 41.9. The van der Waals surface area contributed by atoms with Gasteiger partial charge in [-0.05, 0) is 12.1 Å². The Morgan fingerprint density at radius 1 is 1.37 bits per heavy atom. The first kappa shape index (κ1) is 14.7. The Labute approximate surface area is 104 Å². The van der Waals surface area contributed by atoms with E-state index in [1.807, 2.05) is 0 Å². The number of aliphatic carboxylic acids is 1. The Balaban J connectivity index is 2.84. The number of alkyl halides is 3. The van der Waals surface area contributed by atoms with E-state index >= 15 is 0 Å². The summed E-state index contributed by atoms with van der Waals surface area (Å²) in [5.74, 6) is -1.96. The van der Waals surface area contributed by atoms with Crippen LogP contribution in [0.1, 0.15) is 6.42 Å². The van der Waals surface area contributed by atoms with E-state index in [1.54, 1.807) is 0 Å². The second-order valence-corrected chi connectivity index (χ2v) is 3.50. The predicted octanol–water partition coefficient (Wildman–Crippen LogP) is 2.38. The second-order valence-electron chi connectivity index (χ2n) is 3.50. The lowest BCUT2D eigenvalue weighted by atomic mass is 10.2. The number of rotatable bonds is 5. The summed E-state index contributed by atoms with van der Waals surface area (Å²) in [5.41, 5.74) is -0.311. The predicted molar refractivity (Wildman–Crippen MR) is 55.8 cm³/mol. The first-order valence-electron chi connectivity index (χ1n) is 4.90. The van der Waals surface area contributed by atoms with Gasteiger partial charge in [0.25, 0.3) is 5.69 Å². The smallest absolute Gasteiger partial charge is 0.425 e. The zero-order valence-electron chi connectivity index (χ0n) is 9.26. The molecule has 0 amide bonds.